The van der Waals surface area contributed by atoms with Crippen molar-refractivity contribution in [1.29, 1.82) is 0 Å². The van der Waals surface area contributed by atoms with E-state index in [2.05, 4.69) is 49.6 Å². The number of ether oxygens (including phenoxy) is 2. The predicted molar refractivity (Wildman–Crippen MR) is 166 cm³/mol. The largest absolute Gasteiger partial charge is 0.495 e. The van der Waals surface area contributed by atoms with Crippen molar-refractivity contribution in [1.82, 2.24) is 0 Å². The average molecular weight is 533 g/mol. The van der Waals surface area contributed by atoms with Gasteiger partial charge in [0.1, 0.15) is 12.4 Å². The molecule has 0 atom stereocenters. The highest BCUT2D eigenvalue weighted by Crippen LogP contribution is 2.17. The van der Waals surface area contributed by atoms with Gasteiger partial charge >= 0.3 is 0 Å². The summed E-state index contributed by atoms with van der Waals surface area (Å²) < 4.78 is 12.2. The van der Waals surface area contributed by atoms with Crippen LogP contribution in [0, 0.1) is 0 Å². The van der Waals surface area contributed by atoms with E-state index in [4.69, 9.17) is 9.47 Å². The molecule has 1 aromatic rings. The van der Waals surface area contributed by atoms with Crippen molar-refractivity contribution in [2.75, 3.05) is 19.8 Å². The van der Waals surface area contributed by atoms with Gasteiger partial charge in [-0.25, -0.2) is 0 Å². The molecule has 1 aromatic carbocycles. The molecule has 0 saturated heterocycles. The maximum atomic E-state index is 6.17. The van der Waals surface area contributed by atoms with Gasteiger partial charge in [0.05, 0.1) is 6.61 Å². The molecule has 0 heterocycles. The van der Waals surface area contributed by atoms with Crippen molar-refractivity contribution in [2.45, 2.75) is 148 Å². The first kappa shape index (κ1) is 34.1. The van der Waals surface area contributed by atoms with Crippen LogP contribution >= 0.6 is 11.8 Å². The SMILES string of the molecule is CCCCCCCCCCCCOCC(=CSCc1ccccc1)OCCCCCCCCCCCC. The molecule has 37 heavy (non-hydrogen) atoms. The van der Waals surface area contributed by atoms with Crippen LogP contribution in [0.25, 0.3) is 0 Å². The van der Waals surface area contributed by atoms with Crippen molar-refractivity contribution in [3.8, 4) is 0 Å². The first-order valence-electron chi connectivity index (χ1n) is 15.9. The fraction of sp³-hybridized carbons (Fsp3) is 0.765. The van der Waals surface area contributed by atoms with Crippen LogP contribution in [0.5, 0.6) is 0 Å². The number of thioether (sulfide) groups is 1. The number of benzene rings is 1. The lowest BCUT2D eigenvalue weighted by Gasteiger charge is -2.12. The molecule has 0 bridgehead atoms. The summed E-state index contributed by atoms with van der Waals surface area (Å²) in [6.45, 7) is 6.84. The number of rotatable bonds is 28. The van der Waals surface area contributed by atoms with E-state index >= 15 is 0 Å². The van der Waals surface area contributed by atoms with Gasteiger partial charge in [-0.2, -0.15) is 0 Å². The zero-order chi connectivity index (χ0) is 26.5. The zero-order valence-electron chi connectivity index (χ0n) is 24.7. The average Bonchev–Trinajstić information content (AvgIpc) is 2.92. The van der Waals surface area contributed by atoms with Gasteiger partial charge in [0.25, 0.3) is 0 Å². The van der Waals surface area contributed by atoms with Gasteiger partial charge in [-0.15, -0.1) is 11.8 Å². The molecular weight excluding hydrogens is 472 g/mol. The second kappa shape index (κ2) is 28.1. The van der Waals surface area contributed by atoms with Gasteiger partial charge in [-0.3, -0.25) is 0 Å². The molecular formula is C34H60O2S. The van der Waals surface area contributed by atoms with Crippen LogP contribution in [0.3, 0.4) is 0 Å². The quantitative estimate of drug-likeness (QED) is 0.0789. The third-order valence-electron chi connectivity index (χ3n) is 6.98. The molecule has 0 N–H and O–H groups in total. The molecule has 0 radical (unpaired) electrons. The molecule has 0 aliphatic rings. The molecule has 2 nitrogen and oxygen atoms in total. The fourth-order valence-electron chi connectivity index (χ4n) is 4.57. The molecule has 0 unspecified atom stereocenters. The van der Waals surface area contributed by atoms with E-state index in [1.54, 1.807) is 0 Å². The first-order valence-corrected chi connectivity index (χ1v) is 17.0. The third kappa shape index (κ3) is 23.9. The Bertz CT molecular complexity index is 601. The molecule has 0 amide bonds. The van der Waals surface area contributed by atoms with E-state index in [0.29, 0.717) is 6.61 Å². The van der Waals surface area contributed by atoms with Crippen LogP contribution < -0.4 is 0 Å². The van der Waals surface area contributed by atoms with Crippen LogP contribution in [0.15, 0.2) is 41.5 Å². The Kier molecular flexibility index (Phi) is 25.9. The Morgan fingerprint density at radius 1 is 0.595 bits per heavy atom. The summed E-state index contributed by atoms with van der Waals surface area (Å²) in [6.07, 6.45) is 27.1. The zero-order valence-corrected chi connectivity index (χ0v) is 25.5. The van der Waals surface area contributed by atoms with Gasteiger partial charge in [-0.05, 0) is 18.4 Å². The van der Waals surface area contributed by atoms with Crippen molar-refractivity contribution < 1.29 is 9.47 Å². The van der Waals surface area contributed by atoms with Crippen molar-refractivity contribution in [3.63, 3.8) is 0 Å². The smallest absolute Gasteiger partial charge is 0.128 e. The van der Waals surface area contributed by atoms with Gasteiger partial charge in [0, 0.05) is 17.8 Å². The molecule has 0 aromatic heterocycles. The van der Waals surface area contributed by atoms with Crippen LogP contribution in [-0.4, -0.2) is 19.8 Å². The molecule has 0 saturated carbocycles. The lowest BCUT2D eigenvalue weighted by Crippen LogP contribution is -2.05. The van der Waals surface area contributed by atoms with E-state index < -0.39 is 0 Å². The molecule has 0 fully saturated rings. The van der Waals surface area contributed by atoms with Crippen LogP contribution in [-0.2, 0) is 15.2 Å². The molecule has 1 rings (SSSR count). The minimum Gasteiger partial charge on any atom is -0.495 e. The second-order valence-corrected chi connectivity index (χ2v) is 11.5. The van der Waals surface area contributed by atoms with E-state index in [-0.39, 0.29) is 0 Å². The van der Waals surface area contributed by atoms with Crippen molar-refractivity contribution in [2.24, 2.45) is 0 Å². The molecule has 0 aliphatic heterocycles. The summed E-state index contributed by atoms with van der Waals surface area (Å²) in [5, 5.41) is 2.18. The monoisotopic (exact) mass is 532 g/mol. The Morgan fingerprint density at radius 3 is 1.57 bits per heavy atom. The lowest BCUT2D eigenvalue weighted by atomic mass is 10.1. The minimum atomic E-state index is 0.608. The molecule has 0 aliphatic carbocycles. The van der Waals surface area contributed by atoms with Crippen molar-refractivity contribution in [3.05, 3.63) is 47.1 Å². The number of hydrogen-bond acceptors (Lipinski definition) is 3. The fourth-order valence-corrected chi connectivity index (χ4v) is 5.36. The molecule has 214 valence electrons. The Hall–Kier alpha value is -0.930. The van der Waals surface area contributed by atoms with E-state index in [9.17, 15) is 0 Å². The highest BCUT2D eigenvalue weighted by Gasteiger charge is 2.02. The standard InChI is InChI=1S/C34H60O2S/c1-3-5-7-9-11-13-15-17-19-24-28-35-30-34(32-37-31-33-26-22-21-23-27-33)36-29-25-20-18-16-14-12-10-8-6-4-2/h21-23,26-27,32H,3-20,24-25,28-31H2,1-2H3. The van der Waals surface area contributed by atoms with E-state index in [0.717, 1.165) is 31.1 Å². The maximum Gasteiger partial charge on any atom is 0.128 e. The third-order valence-corrected chi connectivity index (χ3v) is 7.91. The Morgan fingerprint density at radius 2 is 1.05 bits per heavy atom. The molecule has 0 spiro atoms. The Balaban J connectivity index is 2.14. The van der Waals surface area contributed by atoms with Gasteiger partial charge in [0.15, 0.2) is 0 Å². The normalized spacial score (nSPS) is 11.8. The van der Waals surface area contributed by atoms with Crippen LogP contribution in [0.2, 0.25) is 0 Å². The van der Waals surface area contributed by atoms with Gasteiger partial charge in [0.2, 0.25) is 0 Å². The summed E-state index contributed by atoms with van der Waals surface area (Å²) >= 11 is 1.81. The summed E-state index contributed by atoms with van der Waals surface area (Å²) in [4.78, 5) is 0. The maximum absolute atomic E-state index is 6.17. The van der Waals surface area contributed by atoms with Crippen LogP contribution in [0.4, 0.5) is 0 Å². The van der Waals surface area contributed by atoms with E-state index in [1.807, 2.05) is 11.8 Å². The summed E-state index contributed by atoms with van der Waals surface area (Å²) in [7, 11) is 0. The topological polar surface area (TPSA) is 18.5 Å². The molecule has 3 heteroatoms. The predicted octanol–water partition coefficient (Wildman–Crippen LogP) is 11.6. The summed E-state index contributed by atoms with van der Waals surface area (Å²) in [5.74, 6) is 1.98. The Labute approximate surface area is 235 Å². The minimum absolute atomic E-state index is 0.608. The summed E-state index contributed by atoms with van der Waals surface area (Å²) in [5.41, 5.74) is 1.35. The van der Waals surface area contributed by atoms with Crippen LogP contribution in [0.1, 0.15) is 148 Å². The van der Waals surface area contributed by atoms with Gasteiger partial charge in [-0.1, -0.05) is 160 Å². The summed E-state index contributed by atoms with van der Waals surface area (Å²) in [6, 6.07) is 10.7. The highest BCUT2D eigenvalue weighted by atomic mass is 32.2. The van der Waals surface area contributed by atoms with Crippen molar-refractivity contribution >= 4 is 11.8 Å². The first-order chi connectivity index (χ1) is 18.4. The number of unbranched alkanes of at least 4 members (excludes halogenated alkanes) is 18. The second-order valence-electron chi connectivity index (χ2n) is 10.6. The number of hydrogen-bond donors (Lipinski definition) is 0. The highest BCUT2D eigenvalue weighted by molar-refractivity contribution is 8.01. The van der Waals surface area contributed by atoms with E-state index in [1.165, 1.54) is 128 Å². The lowest BCUT2D eigenvalue weighted by molar-refractivity contribution is 0.0941. The van der Waals surface area contributed by atoms with Gasteiger partial charge < -0.3 is 9.47 Å².